The number of hydrogen-bond donors (Lipinski definition) is 0. The fraction of sp³-hybridized carbons (Fsp3) is 0.222. The number of hydrogen-bond acceptors (Lipinski definition) is 0. The van der Waals surface area contributed by atoms with Crippen LogP contribution in [-0.2, 0) is 6.42 Å². The zero-order valence-electron chi connectivity index (χ0n) is 10.3. The van der Waals surface area contributed by atoms with Gasteiger partial charge in [-0.2, -0.15) is 0 Å². The van der Waals surface area contributed by atoms with E-state index in [0.29, 0.717) is 11.8 Å². The zero-order chi connectivity index (χ0) is 11.9. The van der Waals surface area contributed by atoms with E-state index in [1.165, 1.54) is 17.5 Å². The van der Waals surface area contributed by atoms with Gasteiger partial charge in [0.05, 0.1) is 0 Å². The van der Waals surface area contributed by atoms with Crippen molar-refractivity contribution in [2.75, 3.05) is 0 Å². The van der Waals surface area contributed by atoms with Gasteiger partial charge in [-0.3, -0.25) is 0 Å². The maximum absolute atomic E-state index is 2.45. The minimum Gasteiger partial charge on any atom is -0.0803 e. The van der Waals surface area contributed by atoms with Crippen LogP contribution in [0.4, 0.5) is 0 Å². The Morgan fingerprint density at radius 1 is 0.833 bits per heavy atom. The lowest BCUT2D eigenvalue weighted by molar-refractivity contribution is 0.458. The van der Waals surface area contributed by atoms with E-state index in [4.69, 9.17) is 0 Å². The molecule has 0 amide bonds. The Bertz CT molecular complexity index is 607. The lowest BCUT2D eigenvalue weighted by Crippen LogP contribution is -2.28. The predicted molar refractivity (Wildman–Crippen MR) is 74.8 cm³/mol. The molecule has 0 heteroatoms. The van der Waals surface area contributed by atoms with E-state index in [9.17, 15) is 0 Å². The van der Waals surface area contributed by atoms with Gasteiger partial charge >= 0.3 is 0 Å². The molecule has 2 atom stereocenters. The van der Waals surface area contributed by atoms with Crippen LogP contribution in [0, 0.1) is 0 Å². The SMILES string of the molecule is C1=C2CC(c3ccccc3)C2c2ccccc2C1. The van der Waals surface area contributed by atoms with Gasteiger partial charge in [0.15, 0.2) is 0 Å². The number of rotatable bonds is 1. The largest absolute Gasteiger partial charge is 0.0803 e. The van der Waals surface area contributed by atoms with Crippen molar-refractivity contribution in [1.82, 2.24) is 0 Å². The molecule has 0 heterocycles. The van der Waals surface area contributed by atoms with Crippen LogP contribution in [0.25, 0.3) is 0 Å². The highest BCUT2D eigenvalue weighted by molar-refractivity contribution is 5.50. The van der Waals surface area contributed by atoms with Crippen molar-refractivity contribution < 1.29 is 0 Å². The highest BCUT2D eigenvalue weighted by Crippen LogP contribution is 2.55. The molecule has 0 radical (unpaired) electrons. The van der Waals surface area contributed by atoms with Gasteiger partial charge in [-0.1, -0.05) is 66.2 Å². The van der Waals surface area contributed by atoms with Gasteiger partial charge < -0.3 is 0 Å². The fourth-order valence-electron chi connectivity index (χ4n) is 3.50. The molecule has 0 aliphatic heterocycles. The standard InChI is InChI=1S/C18H16/c1-2-6-13(7-3-1)17-12-15-11-10-14-8-4-5-9-16(14)18(15)17/h1-9,11,17-18H,10,12H2. The van der Waals surface area contributed by atoms with E-state index in [1.807, 2.05) is 0 Å². The van der Waals surface area contributed by atoms with Crippen LogP contribution in [0.3, 0.4) is 0 Å². The summed E-state index contributed by atoms with van der Waals surface area (Å²) in [4.78, 5) is 0. The van der Waals surface area contributed by atoms with E-state index >= 15 is 0 Å². The molecule has 1 fully saturated rings. The van der Waals surface area contributed by atoms with Crippen molar-refractivity contribution in [1.29, 1.82) is 0 Å². The Balaban J connectivity index is 1.76. The maximum atomic E-state index is 2.45. The molecule has 2 aliphatic carbocycles. The molecule has 2 unspecified atom stereocenters. The molecule has 0 saturated heterocycles. The molecule has 0 bridgehead atoms. The molecule has 0 spiro atoms. The van der Waals surface area contributed by atoms with Gasteiger partial charge in [0.1, 0.15) is 0 Å². The quantitative estimate of drug-likeness (QED) is 0.638. The Kier molecular flexibility index (Phi) is 2.16. The Morgan fingerprint density at radius 2 is 1.61 bits per heavy atom. The summed E-state index contributed by atoms with van der Waals surface area (Å²) < 4.78 is 0. The van der Waals surface area contributed by atoms with E-state index < -0.39 is 0 Å². The molecule has 0 aromatic heterocycles. The molecule has 2 aromatic rings. The molecule has 0 nitrogen and oxygen atoms in total. The first-order valence-electron chi connectivity index (χ1n) is 6.75. The molecular weight excluding hydrogens is 216 g/mol. The minimum absolute atomic E-state index is 0.650. The van der Waals surface area contributed by atoms with Crippen LogP contribution in [0.1, 0.15) is 34.9 Å². The van der Waals surface area contributed by atoms with Crippen LogP contribution < -0.4 is 0 Å². The van der Waals surface area contributed by atoms with Crippen LogP contribution >= 0.6 is 0 Å². The third-order valence-corrected chi connectivity index (χ3v) is 4.46. The Hall–Kier alpha value is -1.82. The Labute approximate surface area is 108 Å². The van der Waals surface area contributed by atoms with Gasteiger partial charge in [0.25, 0.3) is 0 Å². The van der Waals surface area contributed by atoms with Gasteiger partial charge in [0, 0.05) is 5.92 Å². The lowest BCUT2D eigenvalue weighted by atomic mass is 9.60. The zero-order valence-corrected chi connectivity index (χ0v) is 10.3. The summed E-state index contributed by atoms with van der Waals surface area (Å²) in [7, 11) is 0. The van der Waals surface area contributed by atoms with Crippen molar-refractivity contribution in [3.05, 3.63) is 82.9 Å². The monoisotopic (exact) mass is 232 g/mol. The first-order valence-corrected chi connectivity index (χ1v) is 6.75. The molecule has 1 saturated carbocycles. The van der Waals surface area contributed by atoms with Crippen molar-refractivity contribution in [2.45, 2.75) is 24.7 Å². The van der Waals surface area contributed by atoms with Crippen LogP contribution in [0.5, 0.6) is 0 Å². The second-order valence-corrected chi connectivity index (χ2v) is 5.38. The van der Waals surface area contributed by atoms with Gasteiger partial charge in [-0.25, -0.2) is 0 Å². The van der Waals surface area contributed by atoms with Crippen molar-refractivity contribution >= 4 is 0 Å². The number of allylic oxidation sites excluding steroid dienone is 2. The molecule has 2 aromatic carbocycles. The average molecular weight is 232 g/mol. The first kappa shape index (κ1) is 10.1. The Morgan fingerprint density at radius 3 is 2.50 bits per heavy atom. The first-order chi connectivity index (χ1) is 8.93. The summed E-state index contributed by atoms with van der Waals surface area (Å²) in [5.41, 5.74) is 6.24. The minimum atomic E-state index is 0.650. The molecular formula is C18H16. The predicted octanol–water partition coefficient (Wildman–Crippen LogP) is 4.44. The summed E-state index contributed by atoms with van der Waals surface area (Å²) in [6, 6.07) is 19.9. The van der Waals surface area contributed by atoms with E-state index in [-0.39, 0.29) is 0 Å². The van der Waals surface area contributed by atoms with E-state index in [1.54, 1.807) is 11.1 Å². The highest BCUT2D eigenvalue weighted by atomic mass is 14.4. The van der Waals surface area contributed by atoms with Gasteiger partial charge in [-0.05, 0) is 35.4 Å². The average Bonchev–Trinajstić information content (AvgIpc) is 2.40. The molecule has 0 N–H and O–H groups in total. The molecule has 18 heavy (non-hydrogen) atoms. The van der Waals surface area contributed by atoms with Crippen molar-refractivity contribution in [3.63, 3.8) is 0 Å². The number of fused-ring (bicyclic) bond motifs is 3. The molecule has 2 aliphatic rings. The maximum Gasteiger partial charge on any atom is 0.0123 e. The third kappa shape index (κ3) is 1.38. The second kappa shape index (κ2) is 3.84. The van der Waals surface area contributed by atoms with Gasteiger partial charge in [0.2, 0.25) is 0 Å². The van der Waals surface area contributed by atoms with Crippen LogP contribution in [0.15, 0.2) is 66.2 Å². The lowest BCUT2D eigenvalue weighted by Gasteiger charge is -2.43. The summed E-state index contributed by atoms with van der Waals surface area (Å²) in [6.07, 6.45) is 4.83. The highest BCUT2D eigenvalue weighted by Gasteiger charge is 2.40. The number of benzene rings is 2. The molecule has 88 valence electrons. The van der Waals surface area contributed by atoms with E-state index in [2.05, 4.69) is 60.7 Å². The van der Waals surface area contributed by atoms with Crippen molar-refractivity contribution in [3.8, 4) is 0 Å². The van der Waals surface area contributed by atoms with Crippen molar-refractivity contribution in [2.24, 2.45) is 0 Å². The smallest absolute Gasteiger partial charge is 0.0123 e. The summed E-state index contributed by atoms with van der Waals surface area (Å²) in [6.45, 7) is 0. The van der Waals surface area contributed by atoms with Gasteiger partial charge in [-0.15, -0.1) is 0 Å². The summed E-state index contributed by atoms with van der Waals surface area (Å²) >= 11 is 0. The topological polar surface area (TPSA) is 0 Å². The molecule has 4 rings (SSSR count). The second-order valence-electron chi connectivity index (χ2n) is 5.38. The summed E-state index contributed by atoms with van der Waals surface area (Å²) in [5.74, 6) is 1.34. The normalized spacial score (nSPS) is 24.6. The van der Waals surface area contributed by atoms with Crippen LogP contribution in [0.2, 0.25) is 0 Å². The fourth-order valence-corrected chi connectivity index (χ4v) is 3.50. The van der Waals surface area contributed by atoms with Crippen LogP contribution in [-0.4, -0.2) is 0 Å². The summed E-state index contributed by atoms with van der Waals surface area (Å²) in [5, 5.41) is 0. The van der Waals surface area contributed by atoms with E-state index in [0.717, 1.165) is 6.42 Å². The third-order valence-electron chi connectivity index (χ3n) is 4.46.